The molecule has 21 heavy (non-hydrogen) atoms. The number of aryl methyl sites for hydroxylation is 1. The fraction of sp³-hybridized carbons (Fsp3) is 0.176. The van der Waals surface area contributed by atoms with Crippen LogP contribution in [0.15, 0.2) is 47.5 Å². The van der Waals surface area contributed by atoms with Crippen LogP contribution in [0.5, 0.6) is 5.75 Å². The van der Waals surface area contributed by atoms with E-state index in [1.165, 1.54) is 5.56 Å². The Hall–Kier alpha value is -2.62. The minimum atomic E-state index is -1.01. The number of hydrogen-bond donors (Lipinski definition) is 1. The van der Waals surface area contributed by atoms with Crippen LogP contribution < -0.4 is 4.74 Å². The van der Waals surface area contributed by atoms with Crippen LogP contribution in [0.1, 0.15) is 28.4 Å². The second kappa shape index (κ2) is 6.70. The molecule has 0 fully saturated rings. The van der Waals surface area contributed by atoms with Crippen LogP contribution >= 0.6 is 0 Å². The van der Waals surface area contributed by atoms with Gasteiger partial charge in [-0.1, -0.05) is 17.7 Å². The van der Waals surface area contributed by atoms with Crippen molar-refractivity contribution in [1.29, 1.82) is 0 Å². The highest BCUT2D eigenvalue weighted by atomic mass is 16.5. The summed E-state index contributed by atoms with van der Waals surface area (Å²) in [5.74, 6) is -0.637. The van der Waals surface area contributed by atoms with Crippen molar-refractivity contribution in [3.05, 3.63) is 59.2 Å². The molecule has 0 saturated heterocycles. The monoisotopic (exact) mass is 283 g/mol. The van der Waals surface area contributed by atoms with E-state index in [9.17, 15) is 9.90 Å². The van der Waals surface area contributed by atoms with Gasteiger partial charge >= 0.3 is 5.97 Å². The zero-order valence-electron chi connectivity index (χ0n) is 12.0. The topological polar surface area (TPSA) is 58.9 Å². The molecule has 2 rings (SSSR count). The molecule has 0 saturated carbocycles. The SMILES string of the molecule is CCOc1ccc(C=Nc2ccc(C)cc2)cc1C(=O)O. The first kappa shape index (κ1) is 14.8. The molecule has 4 heteroatoms. The van der Waals surface area contributed by atoms with E-state index in [1.807, 2.05) is 38.1 Å². The van der Waals surface area contributed by atoms with Crippen molar-refractivity contribution < 1.29 is 14.6 Å². The lowest BCUT2D eigenvalue weighted by Gasteiger charge is -2.07. The van der Waals surface area contributed by atoms with Gasteiger partial charge in [0.2, 0.25) is 0 Å². The highest BCUT2D eigenvalue weighted by Crippen LogP contribution is 2.20. The number of aromatic carboxylic acids is 1. The number of benzene rings is 2. The third kappa shape index (κ3) is 3.92. The van der Waals surface area contributed by atoms with Crippen LogP contribution in [-0.4, -0.2) is 23.9 Å². The van der Waals surface area contributed by atoms with E-state index in [4.69, 9.17) is 4.74 Å². The summed E-state index contributed by atoms with van der Waals surface area (Å²) >= 11 is 0. The van der Waals surface area contributed by atoms with Gasteiger partial charge in [0.25, 0.3) is 0 Å². The maximum atomic E-state index is 11.2. The van der Waals surface area contributed by atoms with Crippen LogP contribution in [0.2, 0.25) is 0 Å². The van der Waals surface area contributed by atoms with E-state index in [0.29, 0.717) is 12.4 Å². The molecular formula is C17H17NO3. The van der Waals surface area contributed by atoms with Gasteiger partial charge in [0.1, 0.15) is 11.3 Å². The van der Waals surface area contributed by atoms with Gasteiger partial charge in [0.15, 0.2) is 0 Å². The van der Waals surface area contributed by atoms with Gasteiger partial charge in [0.05, 0.1) is 12.3 Å². The van der Waals surface area contributed by atoms with Crippen molar-refractivity contribution in [2.45, 2.75) is 13.8 Å². The lowest BCUT2D eigenvalue weighted by Crippen LogP contribution is -2.03. The van der Waals surface area contributed by atoms with E-state index >= 15 is 0 Å². The molecule has 2 aromatic rings. The number of carbonyl (C=O) groups is 1. The number of ether oxygens (including phenoxy) is 1. The van der Waals surface area contributed by atoms with Crippen LogP contribution in [-0.2, 0) is 0 Å². The molecule has 0 aliphatic carbocycles. The van der Waals surface area contributed by atoms with E-state index in [0.717, 1.165) is 11.3 Å². The number of carboxylic acids is 1. The molecule has 0 aromatic heterocycles. The second-order valence-electron chi connectivity index (χ2n) is 4.59. The molecule has 0 unspecified atom stereocenters. The van der Waals surface area contributed by atoms with Crippen molar-refractivity contribution in [2.24, 2.45) is 4.99 Å². The Kier molecular flexibility index (Phi) is 4.72. The minimum absolute atomic E-state index is 0.143. The Bertz CT molecular complexity index is 660. The summed E-state index contributed by atoms with van der Waals surface area (Å²) in [5.41, 5.74) is 2.86. The molecule has 0 heterocycles. The smallest absolute Gasteiger partial charge is 0.339 e. The summed E-state index contributed by atoms with van der Waals surface area (Å²) < 4.78 is 5.30. The van der Waals surface area contributed by atoms with Crippen molar-refractivity contribution in [3.8, 4) is 5.75 Å². The molecule has 0 spiro atoms. The summed E-state index contributed by atoms with van der Waals surface area (Å²) in [6, 6.07) is 12.8. The Morgan fingerprint density at radius 1 is 1.24 bits per heavy atom. The molecular weight excluding hydrogens is 266 g/mol. The van der Waals surface area contributed by atoms with Crippen LogP contribution in [0.25, 0.3) is 0 Å². The number of carboxylic acid groups (broad SMARTS) is 1. The van der Waals surface area contributed by atoms with E-state index in [1.54, 1.807) is 24.4 Å². The Balaban J connectivity index is 2.26. The summed E-state index contributed by atoms with van der Waals surface area (Å²) in [4.78, 5) is 15.6. The van der Waals surface area contributed by atoms with Crippen LogP contribution in [0.3, 0.4) is 0 Å². The first-order valence-electron chi connectivity index (χ1n) is 6.71. The van der Waals surface area contributed by atoms with Crippen molar-refractivity contribution in [1.82, 2.24) is 0 Å². The average molecular weight is 283 g/mol. The van der Waals surface area contributed by atoms with Gasteiger partial charge in [0, 0.05) is 6.21 Å². The molecule has 0 atom stereocenters. The predicted octanol–water partition coefficient (Wildman–Crippen LogP) is 3.84. The first-order chi connectivity index (χ1) is 10.1. The molecule has 1 N–H and O–H groups in total. The molecule has 0 amide bonds. The Morgan fingerprint density at radius 2 is 1.95 bits per heavy atom. The summed E-state index contributed by atoms with van der Waals surface area (Å²) in [7, 11) is 0. The van der Waals surface area contributed by atoms with E-state index in [-0.39, 0.29) is 5.56 Å². The van der Waals surface area contributed by atoms with Gasteiger partial charge in [-0.2, -0.15) is 0 Å². The molecule has 2 aromatic carbocycles. The van der Waals surface area contributed by atoms with Crippen molar-refractivity contribution in [2.75, 3.05) is 6.61 Å². The number of nitrogens with zero attached hydrogens (tertiary/aromatic N) is 1. The van der Waals surface area contributed by atoms with E-state index < -0.39 is 5.97 Å². The summed E-state index contributed by atoms with van der Waals surface area (Å²) in [6.07, 6.45) is 1.65. The fourth-order valence-corrected chi connectivity index (χ4v) is 1.86. The molecule has 0 radical (unpaired) electrons. The lowest BCUT2D eigenvalue weighted by atomic mass is 10.1. The third-order valence-corrected chi connectivity index (χ3v) is 2.93. The number of aliphatic imine (C=N–C) groups is 1. The van der Waals surface area contributed by atoms with Gasteiger partial charge in [-0.3, -0.25) is 4.99 Å². The lowest BCUT2D eigenvalue weighted by molar-refractivity contribution is 0.0692. The number of hydrogen-bond acceptors (Lipinski definition) is 3. The van der Waals surface area contributed by atoms with Crippen molar-refractivity contribution >= 4 is 17.9 Å². The fourth-order valence-electron chi connectivity index (χ4n) is 1.86. The summed E-state index contributed by atoms with van der Waals surface area (Å²) in [6.45, 7) is 4.26. The average Bonchev–Trinajstić information content (AvgIpc) is 2.48. The number of rotatable bonds is 5. The van der Waals surface area contributed by atoms with Gasteiger partial charge < -0.3 is 9.84 Å². The standard InChI is InChI=1S/C17H17NO3/c1-3-21-16-9-6-13(10-15(16)17(19)20)11-18-14-7-4-12(2)5-8-14/h4-11H,3H2,1-2H3,(H,19,20). The third-order valence-electron chi connectivity index (χ3n) is 2.93. The van der Waals surface area contributed by atoms with Crippen LogP contribution in [0, 0.1) is 6.92 Å². The molecule has 4 nitrogen and oxygen atoms in total. The maximum absolute atomic E-state index is 11.2. The maximum Gasteiger partial charge on any atom is 0.339 e. The van der Waals surface area contributed by atoms with Gasteiger partial charge in [-0.15, -0.1) is 0 Å². The minimum Gasteiger partial charge on any atom is -0.493 e. The zero-order chi connectivity index (χ0) is 15.2. The van der Waals surface area contributed by atoms with Crippen molar-refractivity contribution in [3.63, 3.8) is 0 Å². The predicted molar refractivity (Wildman–Crippen MR) is 83.0 cm³/mol. The summed E-state index contributed by atoms with van der Waals surface area (Å²) in [5, 5.41) is 9.21. The highest BCUT2D eigenvalue weighted by molar-refractivity contribution is 5.94. The zero-order valence-corrected chi connectivity index (χ0v) is 12.0. The molecule has 0 aliphatic heterocycles. The molecule has 0 bridgehead atoms. The van der Waals surface area contributed by atoms with Crippen LogP contribution in [0.4, 0.5) is 5.69 Å². The van der Waals surface area contributed by atoms with E-state index in [2.05, 4.69) is 4.99 Å². The largest absolute Gasteiger partial charge is 0.493 e. The normalized spacial score (nSPS) is 10.8. The Labute approximate surface area is 123 Å². The van der Waals surface area contributed by atoms with Gasteiger partial charge in [-0.25, -0.2) is 4.79 Å². The molecule has 0 aliphatic rings. The first-order valence-corrected chi connectivity index (χ1v) is 6.71. The quantitative estimate of drug-likeness (QED) is 0.848. The second-order valence-corrected chi connectivity index (χ2v) is 4.59. The molecule has 108 valence electrons. The highest BCUT2D eigenvalue weighted by Gasteiger charge is 2.11. The van der Waals surface area contributed by atoms with Gasteiger partial charge in [-0.05, 0) is 49.7 Å². The Morgan fingerprint density at radius 3 is 2.57 bits per heavy atom.